The normalized spacial score (nSPS) is 18.2. The quantitative estimate of drug-likeness (QED) is 0.0599. The van der Waals surface area contributed by atoms with E-state index in [4.69, 9.17) is 23.7 Å². The molecule has 3 aliphatic rings. The number of carbonyl (C=O) groups excluding carboxylic acids is 11. The van der Waals surface area contributed by atoms with Gasteiger partial charge in [-0.25, -0.2) is 43.5 Å². The predicted molar refractivity (Wildman–Crippen MR) is 326 cm³/mol. The second-order valence-electron chi connectivity index (χ2n) is 21.4. The first-order valence-corrected chi connectivity index (χ1v) is 30.0. The molecular formula is C63H87N9O18. The zero-order valence-electron chi connectivity index (χ0n) is 53.1. The number of methoxy groups -OCH3 is 1. The Hall–Kier alpha value is -8.82. The highest BCUT2D eigenvalue weighted by atomic mass is 16.5. The third-order valence-electron chi connectivity index (χ3n) is 14.8. The SMILES string of the molecule is CCOC(=O)[C@H](CCc1ccccc1)N[C@@H](C)C(=O)N1C(=O)N(C)C[C@H]1C(=O)O.CCOC(=O)[C@H](CCc1ccccc1)N[C@@H](C)C(=O)N1C(=O)N(C)C[C@H]1C(=O)OC.CCOC(=O)[C@H](CCc1ccccc1)N[C@@H](C)C(=O)N1C(=O)N(C)C[C@H]1C(=O)OCC. The molecule has 3 fully saturated rings. The highest BCUT2D eigenvalue weighted by molar-refractivity contribution is 6.05. The molecule has 0 saturated carbocycles. The number of aliphatic carboxylic acids is 1. The molecule has 0 bridgehead atoms. The fourth-order valence-electron chi connectivity index (χ4n) is 10.0. The van der Waals surface area contributed by atoms with Crippen LogP contribution in [0, 0.1) is 0 Å². The molecule has 9 amide bonds. The van der Waals surface area contributed by atoms with E-state index in [9.17, 15) is 62.6 Å². The average Bonchev–Trinajstić information content (AvgIpc) is 2.01. The lowest BCUT2D eigenvalue weighted by Crippen LogP contribution is -2.55. The number of hydrogen-bond acceptors (Lipinski definition) is 20. The second kappa shape index (κ2) is 36.6. The number of nitrogens with one attached hydrogen (secondary N) is 3. The van der Waals surface area contributed by atoms with Gasteiger partial charge in [-0.3, -0.25) is 44.7 Å². The number of nitrogens with zero attached hydrogens (tertiary/aromatic N) is 6. The first kappa shape index (κ1) is 73.6. The maximum atomic E-state index is 13.1. The maximum Gasteiger partial charge on any atom is 0.331 e. The summed E-state index contributed by atoms with van der Waals surface area (Å²) in [6.45, 7) is 12.2. The van der Waals surface area contributed by atoms with Crippen molar-refractivity contribution >= 4 is 71.6 Å². The number of amides is 9. The van der Waals surface area contributed by atoms with Crippen LogP contribution in [0.5, 0.6) is 0 Å². The summed E-state index contributed by atoms with van der Waals surface area (Å²) in [5.41, 5.74) is 3.14. The van der Waals surface area contributed by atoms with Crippen LogP contribution >= 0.6 is 0 Å². The Morgan fingerprint density at radius 1 is 0.444 bits per heavy atom. The number of carbonyl (C=O) groups is 12. The topological polar surface area (TPSA) is 327 Å². The number of ether oxygens (including phenoxy) is 5. The van der Waals surface area contributed by atoms with Gasteiger partial charge in [0.25, 0.3) is 0 Å². The molecule has 3 heterocycles. The number of esters is 5. The lowest BCUT2D eigenvalue weighted by molar-refractivity contribution is -0.152. The Kier molecular flexibility index (Phi) is 30.0. The van der Waals surface area contributed by atoms with Gasteiger partial charge in [0.15, 0.2) is 18.1 Å². The van der Waals surface area contributed by atoms with Crippen molar-refractivity contribution in [2.45, 2.75) is 141 Å². The number of urea groups is 3. The summed E-state index contributed by atoms with van der Waals surface area (Å²) in [6.07, 6.45) is 3.01. The van der Waals surface area contributed by atoms with Gasteiger partial charge in [-0.15, -0.1) is 0 Å². The lowest BCUT2D eigenvalue weighted by atomic mass is 10.0. The molecule has 0 radical (unpaired) electrons. The standard InChI is InChI=1S/C22H31N3O6.C21H29N3O6.C20H27N3O6/c1-5-30-20(27)17(13-12-16-10-8-7-9-11-16)23-15(3)19(26)25-18(21(28)31-6-2)14-24(4)22(25)29;1-5-30-19(26)16(12-11-15-9-7-6-8-10-15)22-14(2)18(25)24-17(20(27)29-4)13-23(3)21(24)28;1-4-29-19(27)15(11-10-14-8-6-5-7-9-14)21-13(2)17(24)23-16(18(25)26)12-22(3)20(23)28/h7-11,15,17-18,23H,5-6,12-14H2,1-4H3;6-10,14,16-17,22H,5,11-13H2,1-4H3;5-9,13,15-16,21H,4,10-12H2,1-3H3,(H,25,26)/t15-,17-,18-;14-,16-,17-;13-,15-,16-/m000/s1. The van der Waals surface area contributed by atoms with E-state index in [1.54, 1.807) is 41.5 Å². The van der Waals surface area contributed by atoms with Crippen molar-refractivity contribution in [1.82, 2.24) is 45.3 Å². The number of likely N-dealkylation sites (N-methyl/N-ethyl adjacent to an activating group) is 3. The minimum Gasteiger partial charge on any atom is -0.480 e. The Labute approximate surface area is 524 Å². The third-order valence-corrected chi connectivity index (χ3v) is 14.8. The summed E-state index contributed by atoms with van der Waals surface area (Å²) in [4.78, 5) is 155. The maximum absolute atomic E-state index is 13.1. The van der Waals surface area contributed by atoms with Crippen LogP contribution in [0.25, 0.3) is 0 Å². The Balaban J connectivity index is 0.000000288. The molecule has 4 N–H and O–H groups in total. The molecule has 3 aliphatic heterocycles. The highest BCUT2D eigenvalue weighted by Crippen LogP contribution is 2.21. The first-order chi connectivity index (χ1) is 42.8. The van der Waals surface area contributed by atoms with E-state index in [1.807, 2.05) is 91.0 Å². The molecule has 3 aromatic rings. The largest absolute Gasteiger partial charge is 0.480 e. The Morgan fingerprint density at radius 3 is 0.978 bits per heavy atom. The van der Waals surface area contributed by atoms with E-state index in [1.165, 1.54) is 49.9 Å². The van der Waals surface area contributed by atoms with Gasteiger partial charge in [-0.2, -0.15) is 0 Å². The molecule has 0 spiro atoms. The van der Waals surface area contributed by atoms with Crippen LogP contribution < -0.4 is 16.0 Å². The van der Waals surface area contributed by atoms with Crippen molar-refractivity contribution in [2.24, 2.45) is 0 Å². The molecule has 9 atom stereocenters. The number of aryl methyl sites for hydroxylation is 3. The molecule has 90 heavy (non-hydrogen) atoms. The highest BCUT2D eigenvalue weighted by Gasteiger charge is 2.48. The summed E-state index contributed by atoms with van der Waals surface area (Å²) in [7, 11) is 5.66. The average molecular weight is 1260 g/mol. The monoisotopic (exact) mass is 1260 g/mol. The van der Waals surface area contributed by atoms with Crippen LogP contribution in [0.2, 0.25) is 0 Å². The summed E-state index contributed by atoms with van der Waals surface area (Å²) in [5.74, 6) is -5.88. The Bertz CT molecular complexity index is 2920. The van der Waals surface area contributed by atoms with Crippen molar-refractivity contribution in [3.63, 3.8) is 0 Å². The van der Waals surface area contributed by atoms with Crippen molar-refractivity contribution in [3.8, 4) is 0 Å². The third kappa shape index (κ3) is 20.9. The minimum atomic E-state index is -1.26. The van der Waals surface area contributed by atoms with Crippen molar-refractivity contribution in [2.75, 3.05) is 74.3 Å². The fraction of sp³-hybridized carbons (Fsp3) is 0.524. The van der Waals surface area contributed by atoms with Crippen molar-refractivity contribution in [1.29, 1.82) is 0 Å². The second-order valence-corrected chi connectivity index (χ2v) is 21.4. The van der Waals surface area contributed by atoms with E-state index < -0.39 is 126 Å². The number of rotatable bonds is 28. The van der Waals surface area contributed by atoms with Gasteiger partial charge in [0.1, 0.15) is 18.1 Å². The summed E-state index contributed by atoms with van der Waals surface area (Å²) < 4.78 is 25.1. The summed E-state index contributed by atoms with van der Waals surface area (Å²) >= 11 is 0. The molecule has 3 saturated heterocycles. The van der Waals surface area contributed by atoms with Gasteiger partial charge in [0.2, 0.25) is 17.7 Å². The number of hydrogen-bond donors (Lipinski definition) is 4. The van der Waals surface area contributed by atoms with E-state index in [0.717, 1.165) is 31.4 Å². The number of imide groups is 3. The number of carboxylic acid groups (broad SMARTS) is 1. The lowest BCUT2D eigenvalue weighted by Gasteiger charge is -2.26. The smallest absolute Gasteiger partial charge is 0.331 e. The molecule has 27 heteroatoms. The van der Waals surface area contributed by atoms with Gasteiger partial charge in [0.05, 0.1) is 71.3 Å². The van der Waals surface area contributed by atoms with Crippen molar-refractivity contribution in [3.05, 3.63) is 108 Å². The molecule has 27 nitrogen and oxygen atoms in total. The van der Waals surface area contributed by atoms with Crippen LogP contribution in [0.3, 0.4) is 0 Å². The molecule has 0 unspecified atom stereocenters. The Morgan fingerprint density at radius 2 is 0.711 bits per heavy atom. The van der Waals surface area contributed by atoms with Crippen LogP contribution in [0.15, 0.2) is 91.0 Å². The van der Waals surface area contributed by atoms with Crippen LogP contribution in [0.4, 0.5) is 14.4 Å². The zero-order chi connectivity index (χ0) is 66.8. The zero-order valence-corrected chi connectivity index (χ0v) is 53.1. The molecule has 492 valence electrons. The van der Waals surface area contributed by atoms with Crippen LogP contribution in [-0.4, -0.2) is 235 Å². The van der Waals surface area contributed by atoms with Crippen LogP contribution in [-0.2, 0) is 86.1 Å². The van der Waals surface area contributed by atoms with Crippen molar-refractivity contribution < 1.29 is 86.3 Å². The summed E-state index contributed by atoms with van der Waals surface area (Å²) in [6, 6.07) is 18.8. The fourth-order valence-corrected chi connectivity index (χ4v) is 10.0. The van der Waals surface area contributed by atoms with Gasteiger partial charge in [0, 0.05) is 21.1 Å². The predicted octanol–water partition coefficient (Wildman–Crippen LogP) is 3.20. The molecule has 0 aliphatic carbocycles. The first-order valence-electron chi connectivity index (χ1n) is 30.0. The number of benzene rings is 3. The van der Waals surface area contributed by atoms with Gasteiger partial charge < -0.3 is 43.5 Å². The molecular weight excluding hydrogens is 1170 g/mol. The van der Waals surface area contributed by atoms with E-state index in [0.29, 0.717) is 38.5 Å². The van der Waals surface area contributed by atoms with Gasteiger partial charge >= 0.3 is 53.9 Å². The van der Waals surface area contributed by atoms with Crippen LogP contribution in [0.1, 0.15) is 84.4 Å². The minimum absolute atomic E-state index is 0.0548. The molecule has 0 aromatic heterocycles. The van der Waals surface area contributed by atoms with E-state index in [-0.39, 0.29) is 46.1 Å². The van der Waals surface area contributed by atoms with Gasteiger partial charge in [-0.1, -0.05) is 91.0 Å². The van der Waals surface area contributed by atoms with Gasteiger partial charge in [-0.05, 0) is 104 Å². The molecule has 3 aromatic carbocycles. The molecule has 6 rings (SSSR count). The summed E-state index contributed by atoms with van der Waals surface area (Å²) in [5, 5.41) is 18.2. The van der Waals surface area contributed by atoms with E-state index in [2.05, 4.69) is 16.0 Å². The van der Waals surface area contributed by atoms with E-state index >= 15 is 0 Å². The number of carboxylic acids is 1.